The lowest BCUT2D eigenvalue weighted by molar-refractivity contribution is 0.0731. The van der Waals surface area contributed by atoms with Crippen LogP contribution in [0.3, 0.4) is 0 Å². The zero-order valence-corrected chi connectivity index (χ0v) is 8.88. The summed E-state index contributed by atoms with van der Waals surface area (Å²) in [5, 5.41) is 9.38. The fourth-order valence-corrected chi connectivity index (χ4v) is 1.32. The Kier molecular flexibility index (Phi) is 6.39. The van der Waals surface area contributed by atoms with E-state index in [-0.39, 0.29) is 6.10 Å². The molecule has 0 amide bonds. The van der Waals surface area contributed by atoms with E-state index in [1.54, 1.807) is 0 Å². The smallest absolute Gasteiger partial charge is 0.0664 e. The van der Waals surface area contributed by atoms with Gasteiger partial charge in [-0.2, -0.15) is 0 Å². The van der Waals surface area contributed by atoms with Crippen LogP contribution in [0.25, 0.3) is 0 Å². The Bertz CT molecular complexity index is 104. The SMILES string of the molecule is CCCCN(CC)C(C)C(C)O. The second-order valence-corrected chi connectivity index (χ2v) is 3.46. The van der Waals surface area contributed by atoms with E-state index in [9.17, 15) is 5.11 Å². The monoisotopic (exact) mass is 173 g/mol. The summed E-state index contributed by atoms with van der Waals surface area (Å²) in [5.74, 6) is 0. The molecule has 0 spiro atoms. The van der Waals surface area contributed by atoms with Gasteiger partial charge in [-0.3, -0.25) is 4.90 Å². The predicted octanol–water partition coefficient (Wildman–Crippen LogP) is 1.88. The van der Waals surface area contributed by atoms with Gasteiger partial charge in [-0.1, -0.05) is 20.3 Å². The molecule has 0 aromatic rings. The third kappa shape index (κ3) is 4.07. The Morgan fingerprint density at radius 2 is 1.83 bits per heavy atom. The Labute approximate surface area is 76.6 Å². The van der Waals surface area contributed by atoms with Crippen LogP contribution in [0.1, 0.15) is 40.5 Å². The van der Waals surface area contributed by atoms with Crippen LogP contribution in [0, 0.1) is 0 Å². The Morgan fingerprint density at radius 1 is 1.25 bits per heavy atom. The zero-order valence-electron chi connectivity index (χ0n) is 8.88. The van der Waals surface area contributed by atoms with Gasteiger partial charge in [0.25, 0.3) is 0 Å². The van der Waals surface area contributed by atoms with Gasteiger partial charge in [0.05, 0.1) is 6.10 Å². The normalized spacial score (nSPS) is 16.5. The highest BCUT2D eigenvalue weighted by molar-refractivity contribution is 4.70. The van der Waals surface area contributed by atoms with Crippen molar-refractivity contribution in [2.75, 3.05) is 13.1 Å². The second-order valence-electron chi connectivity index (χ2n) is 3.46. The molecule has 0 saturated carbocycles. The summed E-state index contributed by atoms with van der Waals surface area (Å²) in [6, 6.07) is 0.293. The molecule has 0 bridgehead atoms. The van der Waals surface area contributed by atoms with Gasteiger partial charge in [0, 0.05) is 6.04 Å². The van der Waals surface area contributed by atoms with Crippen molar-refractivity contribution in [1.29, 1.82) is 0 Å². The summed E-state index contributed by atoms with van der Waals surface area (Å²) in [5.41, 5.74) is 0. The Hall–Kier alpha value is -0.0800. The Morgan fingerprint density at radius 3 is 2.17 bits per heavy atom. The minimum absolute atomic E-state index is 0.221. The molecular weight excluding hydrogens is 150 g/mol. The maximum atomic E-state index is 9.38. The highest BCUT2D eigenvalue weighted by atomic mass is 16.3. The van der Waals surface area contributed by atoms with Crippen LogP contribution in [-0.4, -0.2) is 35.2 Å². The van der Waals surface area contributed by atoms with Crippen LogP contribution in [-0.2, 0) is 0 Å². The van der Waals surface area contributed by atoms with E-state index in [2.05, 4.69) is 25.7 Å². The molecule has 74 valence electrons. The number of likely N-dealkylation sites (N-methyl/N-ethyl adjacent to an activating group) is 1. The van der Waals surface area contributed by atoms with E-state index in [4.69, 9.17) is 0 Å². The molecule has 0 aromatic carbocycles. The summed E-state index contributed by atoms with van der Waals surface area (Å²) >= 11 is 0. The van der Waals surface area contributed by atoms with Gasteiger partial charge in [0.2, 0.25) is 0 Å². The standard InChI is InChI=1S/C10H23NO/c1-5-7-8-11(6-2)9(3)10(4)12/h9-10,12H,5-8H2,1-4H3. The average Bonchev–Trinajstić information content (AvgIpc) is 2.05. The molecular formula is C10H23NO. The van der Waals surface area contributed by atoms with Gasteiger partial charge in [0.1, 0.15) is 0 Å². The van der Waals surface area contributed by atoms with Crippen molar-refractivity contribution >= 4 is 0 Å². The number of hydrogen-bond donors (Lipinski definition) is 1. The lowest BCUT2D eigenvalue weighted by Gasteiger charge is -2.29. The van der Waals surface area contributed by atoms with E-state index < -0.39 is 0 Å². The number of aliphatic hydroxyl groups is 1. The lowest BCUT2D eigenvalue weighted by atomic mass is 10.1. The molecule has 0 fully saturated rings. The van der Waals surface area contributed by atoms with Crippen molar-refractivity contribution in [2.24, 2.45) is 0 Å². The minimum atomic E-state index is -0.221. The average molecular weight is 173 g/mol. The molecule has 2 atom stereocenters. The third-order valence-corrected chi connectivity index (χ3v) is 2.48. The van der Waals surface area contributed by atoms with Gasteiger partial charge in [-0.05, 0) is 33.4 Å². The number of nitrogens with zero attached hydrogens (tertiary/aromatic N) is 1. The first kappa shape index (κ1) is 11.9. The number of hydrogen-bond acceptors (Lipinski definition) is 2. The summed E-state index contributed by atoms with van der Waals surface area (Å²) in [7, 11) is 0. The first-order valence-corrected chi connectivity index (χ1v) is 5.05. The quantitative estimate of drug-likeness (QED) is 0.663. The predicted molar refractivity (Wildman–Crippen MR) is 53.3 cm³/mol. The maximum absolute atomic E-state index is 9.38. The fraction of sp³-hybridized carbons (Fsp3) is 1.00. The Balaban J connectivity index is 3.79. The summed E-state index contributed by atoms with van der Waals surface area (Å²) in [6.45, 7) is 10.4. The van der Waals surface area contributed by atoms with E-state index in [0.717, 1.165) is 13.1 Å². The van der Waals surface area contributed by atoms with Crippen molar-refractivity contribution in [1.82, 2.24) is 4.90 Å². The molecule has 0 radical (unpaired) electrons. The van der Waals surface area contributed by atoms with Gasteiger partial charge < -0.3 is 5.11 Å². The summed E-state index contributed by atoms with van der Waals surface area (Å²) in [4.78, 5) is 2.33. The molecule has 2 heteroatoms. The van der Waals surface area contributed by atoms with Crippen LogP contribution in [0.15, 0.2) is 0 Å². The van der Waals surface area contributed by atoms with Crippen molar-refractivity contribution in [3.63, 3.8) is 0 Å². The minimum Gasteiger partial charge on any atom is -0.392 e. The molecule has 0 aliphatic heterocycles. The lowest BCUT2D eigenvalue weighted by Crippen LogP contribution is -2.40. The molecule has 12 heavy (non-hydrogen) atoms. The van der Waals surface area contributed by atoms with Gasteiger partial charge in [-0.15, -0.1) is 0 Å². The molecule has 2 nitrogen and oxygen atoms in total. The van der Waals surface area contributed by atoms with Crippen molar-refractivity contribution < 1.29 is 5.11 Å². The topological polar surface area (TPSA) is 23.5 Å². The molecule has 0 aliphatic rings. The van der Waals surface area contributed by atoms with E-state index in [1.807, 2.05) is 6.92 Å². The maximum Gasteiger partial charge on any atom is 0.0664 e. The van der Waals surface area contributed by atoms with E-state index in [1.165, 1.54) is 12.8 Å². The van der Waals surface area contributed by atoms with Gasteiger partial charge >= 0.3 is 0 Å². The van der Waals surface area contributed by atoms with Crippen molar-refractivity contribution in [2.45, 2.75) is 52.7 Å². The first-order valence-electron chi connectivity index (χ1n) is 5.05. The summed E-state index contributed by atoms with van der Waals surface area (Å²) < 4.78 is 0. The molecule has 0 rings (SSSR count). The van der Waals surface area contributed by atoms with Gasteiger partial charge in [0.15, 0.2) is 0 Å². The fourth-order valence-electron chi connectivity index (χ4n) is 1.32. The highest BCUT2D eigenvalue weighted by Crippen LogP contribution is 2.05. The third-order valence-electron chi connectivity index (χ3n) is 2.48. The zero-order chi connectivity index (χ0) is 9.56. The molecule has 0 saturated heterocycles. The van der Waals surface area contributed by atoms with E-state index >= 15 is 0 Å². The summed E-state index contributed by atoms with van der Waals surface area (Å²) in [6.07, 6.45) is 2.23. The number of aliphatic hydroxyl groups excluding tert-OH is 1. The first-order chi connectivity index (χ1) is 5.63. The van der Waals surface area contributed by atoms with Crippen LogP contribution < -0.4 is 0 Å². The molecule has 2 unspecified atom stereocenters. The molecule has 0 heterocycles. The van der Waals surface area contributed by atoms with E-state index in [0.29, 0.717) is 6.04 Å². The molecule has 0 aromatic heterocycles. The molecule has 1 N–H and O–H groups in total. The van der Waals surface area contributed by atoms with Crippen LogP contribution in [0.5, 0.6) is 0 Å². The van der Waals surface area contributed by atoms with Crippen LogP contribution in [0.2, 0.25) is 0 Å². The van der Waals surface area contributed by atoms with Crippen molar-refractivity contribution in [3.8, 4) is 0 Å². The van der Waals surface area contributed by atoms with Crippen LogP contribution in [0.4, 0.5) is 0 Å². The number of unbranched alkanes of at least 4 members (excludes halogenated alkanes) is 1. The second kappa shape index (κ2) is 6.44. The highest BCUT2D eigenvalue weighted by Gasteiger charge is 2.15. The molecule has 0 aliphatic carbocycles. The number of rotatable bonds is 6. The largest absolute Gasteiger partial charge is 0.392 e. The van der Waals surface area contributed by atoms with Crippen LogP contribution >= 0.6 is 0 Å². The van der Waals surface area contributed by atoms with Crippen molar-refractivity contribution in [3.05, 3.63) is 0 Å². The van der Waals surface area contributed by atoms with Gasteiger partial charge in [-0.25, -0.2) is 0 Å².